The highest BCUT2D eigenvalue weighted by molar-refractivity contribution is 6.16. The maximum atomic E-state index is 6.14. The van der Waals surface area contributed by atoms with Crippen LogP contribution in [0.5, 0.6) is 0 Å². The first-order valence-corrected chi connectivity index (χ1v) is 39.0. The summed E-state index contributed by atoms with van der Waals surface area (Å²) in [4.78, 5) is 0. The van der Waals surface area contributed by atoms with Crippen LogP contribution in [0.4, 0.5) is 0 Å². The molecule has 18 aromatic carbocycles. The molecule has 532 valence electrons. The van der Waals surface area contributed by atoms with Gasteiger partial charge in [-0.1, -0.05) is 255 Å². The van der Waals surface area contributed by atoms with E-state index in [0.29, 0.717) is 0 Å². The van der Waals surface area contributed by atoms with E-state index in [2.05, 4.69) is 407 Å². The molecule has 0 aliphatic rings. The highest BCUT2D eigenvalue weighted by atomic mass is 16.3. The summed E-state index contributed by atoms with van der Waals surface area (Å²) in [7, 11) is 0. The topological polar surface area (TPSA) is 46.0 Å². The largest absolute Gasteiger partial charge is 0.456 e. The maximum absolute atomic E-state index is 6.14. The fraction of sp³-hybridized carbons (Fsp3) is 0. The maximum Gasteiger partial charge on any atom is 0.135 e. The Hall–Kier alpha value is -15.2. The molecule has 0 fully saturated rings. The zero-order chi connectivity index (χ0) is 74.9. The number of aromatic nitrogens is 4. The van der Waals surface area contributed by atoms with E-state index in [-0.39, 0.29) is 0 Å². The second-order valence-corrected chi connectivity index (χ2v) is 29.9. The van der Waals surface area contributed by atoms with Gasteiger partial charge in [-0.2, -0.15) is 0 Å². The Morgan fingerprint density at radius 3 is 0.711 bits per heavy atom. The Labute approximate surface area is 656 Å². The molecule has 6 heteroatoms. The third kappa shape index (κ3) is 10.6. The number of para-hydroxylation sites is 6. The summed E-state index contributed by atoms with van der Waals surface area (Å²) in [6.45, 7) is 0. The molecule has 0 aliphatic heterocycles. The molecule has 6 aromatic heterocycles. The number of benzene rings is 18. The molecule has 114 heavy (non-hydrogen) atoms. The minimum absolute atomic E-state index is 0.910. The highest BCUT2D eigenvalue weighted by Gasteiger charge is 2.22. The SMILES string of the molecule is c1ccc(-c2cccc(-n3c4ccccc4c4cc(-c5ccc6c(c5)c5ccccc5n6-c5ccc(-c6ccc7oc8ccccc8c7c6)cc5)ccc43)c2)cc1.c1ccc(-c2cccc(-n3c4ccccc4c4cc(-c5ccc6c(c5)c5ccccc5n6-c5cccc(-c6ccc7oc8ccccc8c7c6)c5)ccc43)c2)cc1. The van der Waals surface area contributed by atoms with E-state index in [4.69, 9.17) is 8.83 Å². The summed E-state index contributed by atoms with van der Waals surface area (Å²) in [6, 6.07) is 149. The van der Waals surface area contributed by atoms with Gasteiger partial charge in [0.15, 0.2) is 0 Å². The van der Waals surface area contributed by atoms with Gasteiger partial charge in [-0.25, -0.2) is 0 Å². The summed E-state index contributed by atoms with van der Waals surface area (Å²) >= 11 is 0. The highest BCUT2D eigenvalue weighted by Crippen LogP contribution is 2.44. The normalized spacial score (nSPS) is 11.9. The van der Waals surface area contributed by atoms with Crippen LogP contribution in [0.3, 0.4) is 0 Å². The van der Waals surface area contributed by atoms with Crippen LogP contribution in [0.25, 0.3) is 221 Å². The second kappa shape index (κ2) is 26.2. The van der Waals surface area contributed by atoms with Gasteiger partial charge in [0.05, 0.1) is 44.1 Å². The van der Waals surface area contributed by atoms with Crippen molar-refractivity contribution in [3.8, 4) is 89.5 Å². The van der Waals surface area contributed by atoms with Gasteiger partial charge >= 0.3 is 0 Å². The summed E-state index contributed by atoms with van der Waals surface area (Å²) in [6.07, 6.45) is 0. The average molecular weight is 1450 g/mol. The van der Waals surface area contributed by atoms with Gasteiger partial charge in [0.1, 0.15) is 22.3 Å². The molecule has 6 heterocycles. The molecule has 24 aromatic rings. The summed E-state index contributed by atoms with van der Waals surface area (Å²) in [5.74, 6) is 0. The van der Waals surface area contributed by atoms with Crippen molar-refractivity contribution in [1.82, 2.24) is 18.3 Å². The fourth-order valence-electron chi connectivity index (χ4n) is 18.1. The minimum Gasteiger partial charge on any atom is -0.456 e. The lowest BCUT2D eigenvalue weighted by Gasteiger charge is -2.11. The number of rotatable bonds is 10. The van der Waals surface area contributed by atoms with Crippen LogP contribution in [0.1, 0.15) is 0 Å². The Bertz CT molecular complexity index is 7980. The first-order valence-electron chi connectivity index (χ1n) is 39.0. The molecule has 0 atom stereocenters. The van der Waals surface area contributed by atoms with Crippen LogP contribution < -0.4 is 0 Å². The van der Waals surface area contributed by atoms with Crippen molar-refractivity contribution in [2.75, 3.05) is 0 Å². The van der Waals surface area contributed by atoms with E-state index < -0.39 is 0 Å². The van der Waals surface area contributed by atoms with Crippen LogP contribution in [0, 0.1) is 0 Å². The number of nitrogens with zero attached hydrogens (tertiary/aromatic N) is 4. The van der Waals surface area contributed by atoms with E-state index in [9.17, 15) is 0 Å². The van der Waals surface area contributed by atoms with Crippen LogP contribution >= 0.6 is 0 Å². The number of furan rings is 2. The minimum atomic E-state index is 0.910. The molecular formula is C108H68N4O2. The molecule has 0 saturated carbocycles. The lowest BCUT2D eigenvalue weighted by Crippen LogP contribution is -1.94. The quantitative estimate of drug-likeness (QED) is 0.137. The number of fused-ring (bicyclic) bond motifs is 18. The van der Waals surface area contributed by atoms with Crippen molar-refractivity contribution in [3.05, 3.63) is 413 Å². The standard InChI is InChI=1S/2C54H34N2O/c1-2-12-35(13-3-1)36-14-10-16-41(30-36)55-49-21-7-4-18-43(49)46-32-38(24-27-51(46)55)39-25-28-52-47(33-39)44-19-5-8-22-50(44)56(52)42-17-11-15-37(31-42)40-26-29-54-48(34-40)45-20-6-9-23-53(45)57-54;1-2-11-35(12-3-1)37-13-10-14-42(31-37)56-50-19-8-5-16-44(50)47-33-40(24-29-52(47)56)39-23-28-51-46(32-39)43-15-4-7-18-49(43)55(51)41-26-21-36(22-27-41)38-25-30-54-48(34-38)45-17-6-9-20-53(45)57-54/h2*1-34H. The summed E-state index contributed by atoms with van der Waals surface area (Å²) in [5, 5.41) is 14.5. The average Bonchev–Trinajstić information content (AvgIpc) is 1.59. The molecule has 0 amide bonds. The predicted octanol–water partition coefficient (Wildman–Crippen LogP) is 29.6. The Morgan fingerprint density at radius 2 is 0.351 bits per heavy atom. The monoisotopic (exact) mass is 1450 g/mol. The van der Waals surface area contributed by atoms with Crippen LogP contribution in [0.2, 0.25) is 0 Å². The van der Waals surface area contributed by atoms with E-state index in [1.165, 1.54) is 154 Å². The lowest BCUT2D eigenvalue weighted by molar-refractivity contribution is 0.668. The predicted molar refractivity (Wildman–Crippen MR) is 477 cm³/mol. The lowest BCUT2D eigenvalue weighted by atomic mass is 10.0. The number of hydrogen-bond donors (Lipinski definition) is 0. The Balaban J connectivity index is 0.000000135. The van der Waals surface area contributed by atoms with Crippen molar-refractivity contribution >= 4 is 131 Å². The molecule has 0 bridgehead atoms. The molecule has 0 spiro atoms. The van der Waals surface area contributed by atoms with Gasteiger partial charge in [0.2, 0.25) is 0 Å². The molecule has 0 aliphatic carbocycles. The van der Waals surface area contributed by atoms with Crippen molar-refractivity contribution in [1.29, 1.82) is 0 Å². The molecule has 0 N–H and O–H groups in total. The smallest absolute Gasteiger partial charge is 0.135 e. The van der Waals surface area contributed by atoms with E-state index in [1.54, 1.807) is 0 Å². The van der Waals surface area contributed by atoms with Gasteiger partial charge in [0, 0.05) is 87.4 Å². The van der Waals surface area contributed by atoms with Gasteiger partial charge in [-0.3, -0.25) is 0 Å². The third-order valence-corrected chi connectivity index (χ3v) is 23.4. The third-order valence-electron chi connectivity index (χ3n) is 23.4. The molecular weight excluding hydrogens is 1390 g/mol. The zero-order valence-corrected chi connectivity index (χ0v) is 61.9. The Morgan fingerprint density at radius 1 is 0.123 bits per heavy atom. The molecule has 0 saturated heterocycles. The fourth-order valence-corrected chi connectivity index (χ4v) is 18.1. The molecule has 0 unspecified atom stereocenters. The van der Waals surface area contributed by atoms with Gasteiger partial charge in [-0.05, 0) is 224 Å². The zero-order valence-electron chi connectivity index (χ0n) is 61.9. The number of hydrogen-bond acceptors (Lipinski definition) is 2. The Kier molecular flexibility index (Phi) is 14.9. The van der Waals surface area contributed by atoms with E-state index in [0.717, 1.165) is 66.6 Å². The van der Waals surface area contributed by atoms with Crippen LogP contribution in [-0.4, -0.2) is 18.3 Å². The van der Waals surface area contributed by atoms with Gasteiger partial charge in [-0.15, -0.1) is 0 Å². The van der Waals surface area contributed by atoms with Crippen LogP contribution in [-0.2, 0) is 0 Å². The van der Waals surface area contributed by atoms with Gasteiger partial charge in [0.25, 0.3) is 0 Å². The van der Waals surface area contributed by atoms with Crippen molar-refractivity contribution in [3.63, 3.8) is 0 Å². The summed E-state index contributed by atoms with van der Waals surface area (Å²) in [5.41, 5.74) is 32.1. The first-order chi connectivity index (χ1) is 56.5. The molecule has 24 rings (SSSR count). The van der Waals surface area contributed by atoms with Crippen LogP contribution in [0.15, 0.2) is 421 Å². The summed E-state index contributed by atoms with van der Waals surface area (Å²) < 4.78 is 21.8. The molecule has 0 radical (unpaired) electrons. The molecule has 6 nitrogen and oxygen atoms in total. The second-order valence-electron chi connectivity index (χ2n) is 29.9. The van der Waals surface area contributed by atoms with Crippen molar-refractivity contribution in [2.24, 2.45) is 0 Å². The van der Waals surface area contributed by atoms with Crippen molar-refractivity contribution < 1.29 is 8.83 Å². The van der Waals surface area contributed by atoms with Crippen molar-refractivity contribution in [2.45, 2.75) is 0 Å². The first kappa shape index (κ1) is 64.7. The van der Waals surface area contributed by atoms with E-state index >= 15 is 0 Å². The van der Waals surface area contributed by atoms with E-state index in [1.807, 2.05) is 24.3 Å². The van der Waals surface area contributed by atoms with Gasteiger partial charge < -0.3 is 27.1 Å².